The molecule has 1 atom stereocenters. The molecule has 2 heterocycles. The van der Waals surface area contributed by atoms with Gasteiger partial charge in [0.15, 0.2) is 0 Å². The van der Waals surface area contributed by atoms with E-state index in [9.17, 15) is 14.4 Å². The Hall–Kier alpha value is -2.89. The molecule has 2 aliphatic rings. The van der Waals surface area contributed by atoms with E-state index < -0.39 is 0 Å². The summed E-state index contributed by atoms with van der Waals surface area (Å²) < 4.78 is 0. The van der Waals surface area contributed by atoms with Gasteiger partial charge in [0.05, 0.1) is 5.92 Å². The molecule has 0 saturated carbocycles. The Balaban J connectivity index is 1.55. The summed E-state index contributed by atoms with van der Waals surface area (Å²) >= 11 is 0. The van der Waals surface area contributed by atoms with Gasteiger partial charge in [-0.15, -0.1) is 13.2 Å². The monoisotopic (exact) mass is 395 g/mol. The molecule has 0 spiro atoms. The third-order valence-electron chi connectivity index (χ3n) is 5.71. The molecule has 0 N–H and O–H groups in total. The quantitative estimate of drug-likeness (QED) is 0.667. The molecule has 1 aromatic carbocycles. The molecule has 2 saturated heterocycles. The average Bonchev–Trinajstić information content (AvgIpc) is 3.15. The van der Waals surface area contributed by atoms with Crippen molar-refractivity contribution in [3.05, 3.63) is 55.6 Å². The van der Waals surface area contributed by atoms with Crippen LogP contribution in [0.5, 0.6) is 0 Å². The highest BCUT2D eigenvalue weighted by Gasteiger charge is 2.38. The molecule has 1 aromatic rings. The second-order valence-electron chi connectivity index (χ2n) is 7.66. The topological polar surface area (TPSA) is 60.9 Å². The van der Waals surface area contributed by atoms with E-state index in [1.54, 1.807) is 22.0 Å². The molecule has 3 amide bonds. The molecule has 1 unspecified atom stereocenters. The minimum Gasteiger partial charge on any atom is -0.342 e. The molecule has 0 radical (unpaired) electrons. The lowest BCUT2D eigenvalue weighted by Gasteiger charge is -2.35. The summed E-state index contributed by atoms with van der Waals surface area (Å²) in [5.41, 5.74) is 0.835. The van der Waals surface area contributed by atoms with E-state index in [4.69, 9.17) is 0 Å². The number of hydrogen-bond donors (Lipinski definition) is 0. The van der Waals surface area contributed by atoms with E-state index >= 15 is 0 Å². The Morgan fingerprint density at radius 2 is 1.66 bits per heavy atom. The predicted octanol–water partition coefficient (Wildman–Crippen LogP) is 2.48. The smallest absolute Gasteiger partial charge is 0.228 e. The van der Waals surface area contributed by atoms with Gasteiger partial charge in [-0.2, -0.15) is 0 Å². The zero-order valence-electron chi connectivity index (χ0n) is 16.8. The Labute approximate surface area is 172 Å². The third kappa shape index (κ3) is 4.75. The highest BCUT2D eigenvalue weighted by molar-refractivity contribution is 6.00. The van der Waals surface area contributed by atoms with Crippen molar-refractivity contribution >= 4 is 23.4 Å². The molecular weight excluding hydrogens is 366 g/mol. The lowest BCUT2D eigenvalue weighted by atomic mass is 9.94. The number of rotatable bonds is 7. The molecule has 6 heteroatoms. The summed E-state index contributed by atoms with van der Waals surface area (Å²) in [6.07, 6.45) is 4.99. The largest absolute Gasteiger partial charge is 0.342 e. The number of carbonyl (C=O) groups excluding carboxylic acids is 3. The summed E-state index contributed by atoms with van der Waals surface area (Å²) in [6, 6.07) is 9.46. The van der Waals surface area contributed by atoms with Crippen LogP contribution in [0, 0.1) is 11.8 Å². The normalized spacial score (nSPS) is 19.9. The van der Waals surface area contributed by atoms with Crippen molar-refractivity contribution < 1.29 is 14.4 Å². The molecule has 2 aliphatic heterocycles. The van der Waals surface area contributed by atoms with E-state index in [0.29, 0.717) is 45.6 Å². The van der Waals surface area contributed by atoms with E-state index in [-0.39, 0.29) is 36.0 Å². The summed E-state index contributed by atoms with van der Waals surface area (Å²) in [7, 11) is 0. The first kappa shape index (κ1) is 20.8. The third-order valence-corrected chi connectivity index (χ3v) is 5.71. The fraction of sp³-hybridized carbons (Fsp3) is 0.435. The number of hydrogen-bond acceptors (Lipinski definition) is 3. The minimum absolute atomic E-state index is 0.0101. The predicted molar refractivity (Wildman–Crippen MR) is 113 cm³/mol. The van der Waals surface area contributed by atoms with Crippen LogP contribution in [0.2, 0.25) is 0 Å². The standard InChI is InChI=1S/C23H29N3O3/c1-3-12-24(13-4-2)22(28)18-10-14-25(15-11-18)23(29)19-16-21(27)26(17-19)20-8-6-5-7-9-20/h3-9,18-19H,1-2,10-17H2. The van der Waals surface area contributed by atoms with Crippen LogP contribution in [-0.2, 0) is 14.4 Å². The Morgan fingerprint density at radius 3 is 2.24 bits per heavy atom. The van der Waals surface area contributed by atoms with Crippen molar-refractivity contribution in [2.75, 3.05) is 37.6 Å². The highest BCUT2D eigenvalue weighted by Crippen LogP contribution is 2.28. The number of benzene rings is 1. The van der Waals surface area contributed by atoms with E-state index in [0.717, 1.165) is 5.69 Å². The van der Waals surface area contributed by atoms with Crippen LogP contribution in [-0.4, -0.2) is 60.2 Å². The van der Waals surface area contributed by atoms with E-state index in [2.05, 4.69) is 13.2 Å². The number of para-hydroxylation sites is 1. The molecule has 6 nitrogen and oxygen atoms in total. The number of piperidine rings is 1. The van der Waals surface area contributed by atoms with Crippen LogP contribution in [0.3, 0.4) is 0 Å². The average molecular weight is 396 g/mol. The van der Waals surface area contributed by atoms with Gasteiger partial charge in [0.25, 0.3) is 0 Å². The molecule has 0 bridgehead atoms. The van der Waals surface area contributed by atoms with Crippen LogP contribution < -0.4 is 4.90 Å². The van der Waals surface area contributed by atoms with Gasteiger partial charge in [-0.1, -0.05) is 30.4 Å². The fourth-order valence-corrected chi connectivity index (χ4v) is 4.16. The molecule has 2 fully saturated rings. The van der Waals surface area contributed by atoms with Crippen molar-refractivity contribution in [3.63, 3.8) is 0 Å². The maximum absolute atomic E-state index is 13.0. The van der Waals surface area contributed by atoms with Crippen molar-refractivity contribution in [2.24, 2.45) is 11.8 Å². The molecule has 3 rings (SSSR count). The second kappa shape index (κ2) is 9.54. The zero-order chi connectivity index (χ0) is 20.8. The van der Waals surface area contributed by atoms with E-state index in [1.165, 1.54) is 0 Å². The van der Waals surface area contributed by atoms with Crippen molar-refractivity contribution in [2.45, 2.75) is 19.3 Å². The van der Waals surface area contributed by atoms with Gasteiger partial charge in [0.2, 0.25) is 17.7 Å². The van der Waals surface area contributed by atoms with Gasteiger partial charge in [-0.25, -0.2) is 0 Å². The first-order valence-corrected chi connectivity index (χ1v) is 10.2. The Kier molecular flexibility index (Phi) is 6.86. The summed E-state index contributed by atoms with van der Waals surface area (Å²) in [5.74, 6) is -0.276. The van der Waals surface area contributed by atoms with Crippen molar-refractivity contribution in [1.29, 1.82) is 0 Å². The Morgan fingerprint density at radius 1 is 1.03 bits per heavy atom. The van der Waals surface area contributed by atoms with Crippen LogP contribution in [0.25, 0.3) is 0 Å². The SMILES string of the molecule is C=CCN(CC=C)C(=O)C1CCN(C(=O)C2CC(=O)N(c3ccccc3)C2)CC1. The van der Waals surface area contributed by atoms with Crippen LogP contribution >= 0.6 is 0 Å². The first-order chi connectivity index (χ1) is 14.0. The summed E-state index contributed by atoms with van der Waals surface area (Å²) in [4.78, 5) is 43.4. The number of carbonyl (C=O) groups is 3. The minimum atomic E-state index is -0.312. The van der Waals surface area contributed by atoms with Gasteiger partial charge in [0, 0.05) is 50.7 Å². The lowest BCUT2D eigenvalue weighted by Crippen LogP contribution is -2.46. The highest BCUT2D eigenvalue weighted by atomic mass is 16.2. The van der Waals surface area contributed by atoms with Crippen LogP contribution in [0.1, 0.15) is 19.3 Å². The fourth-order valence-electron chi connectivity index (χ4n) is 4.16. The molecular formula is C23H29N3O3. The van der Waals surface area contributed by atoms with Crippen LogP contribution in [0.4, 0.5) is 5.69 Å². The Bertz CT molecular complexity index is 759. The van der Waals surface area contributed by atoms with Gasteiger partial charge in [0.1, 0.15) is 0 Å². The molecule has 0 aliphatic carbocycles. The number of anilines is 1. The first-order valence-electron chi connectivity index (χ1n) is 10.2. The zero-order valence-corrected chi connectivity index (χ0v) is 16.8. The van der Waals surface area contributed by atoms with Crippen LogP contribution in [0.15, 0.2) is 55.6 Å². The molecule has 0 aromatic heterocycles. The maximum Gasteiger partial charge on any atom is 0.228 e. The maximum atomic E-state index is 13.0. The van der Waals surface area contributed by atoms with E-state index in [1.807, 2.05) is 35.2 Å². The van der Waals surface area contributed by atoms with Gasteiger partial charge < -0.3 is 14.7 Å². The molecule has 29 heavy (non-hydrogen) atoms. The summed E-state index contributed by atoms with van der Waals surface area (Å²) in [6.45, 7) is 9.97. The number of nitrogens with zero attached hydrogens (tertiary/aromatic N) is 3. The number of likely N-dealkylation sites (tertiary alicyclic amines) is 1. The second-order valence-corrected chi connectivity index (χ2v) is 7.66. The number of amides is 3. The van der Waals surface area contributed by atoms with Crippen molar-refractivity contribution in [3.8, 4) is 0 Å². The van der Waals surface area contributed by atoms with Gasteiger partial charge in [-0.05, 0) is 25.0 Å². The summed E-state index contributed by atoms with van der Waals surface area (Å²) in [5, 5.41) is 0. The van der Waals surface area contributed by atoms with Gasteiger partial charge in [-0.3, -0.25) is 14.4 Å². The molecule has 154 valence electrons. The van der Waals surface area contributed by atoms with Gasteiger partial charge >= 0.3 is 0 Å². The lowest BCUT2D eigenvalue weighted by molar-refractivity contribution is -0.142. The van der Waals surface area contributed by atoms with Crippen molar-refractivity contribution in [1.82, 2.24) is 9.80 Å².